The minimum absolute atomic E-state index is 0.122. The van der Waals surface area contributed by atoms with Gasteiger partial charge in [-0.3, -0.25) is 19.3 Å². The van der Waals surface area contributed by atoms with E-state index >= 15 is 0 Å². The lowest BCUT2D eigenvalue weighted by molar-refractivity contribution is -0.121. The summed E-state index contributed by atoms with van der Waals surface area (Å²) in [5, 5.41) is 2.83. The summed E-state index contributed by atoms with van der Waals surface area (Å²) in [6.45, 7) is 1.15. The first-order chi connectivity index (χ1) is 13.1. The number of imide groups is 1. The Kier molecular flexibility index (Phi) is 9.39. The van der Waals surface area contributed by atoms with Gasteiger partial charge < -0.3 is 5.32 Å². The first kappa shape index (κ1) is 21.5. The SMILES string of the molecule is O=C(CCCCCCCCCCN1C(=O)c2ccccc2C1=O)NCCS. The highest BCUT2D eigenvalue weighted by Gasteiger charge is 2.34. The first-order valence-corrected chi connectivity index (χ1v) is 10.6. The molecule has 6 heteroatoms. The van der Waals surface area contributed by atoms with E-state index in [0.29, 0.717) is 36.4 Å². The van der Waals surface area contributed by atoms with Crippen molar-refractivity contribution in [2.24, 2.45) is 0 Å². The number of fused-ring (bicyclic) bond motifs is 1. The maximum absolute atomic E-state index is 12.3. The van der Waals surface area contributed by atoms with Crippen LogP contribution in [0.5, 0.6) is 0 Å². The summed E-state index contributed by atoms with van der Waals surface area (Å²) < 4.78 is 0. The van der Waals surface area contributed by atoms with Crippen molar-refractivity contribution >= 4 is 30.4 Å². The van der Waals surface area contributed by atoms with Crippen molar-refractivity contribution in [3.8, 4) is 0 Å². The van der Waals surface area contributed by atoms with Gasteiger partial charge in [-0.15, -0.1) is 0 Å². The Hall–Kier alpha value is -1.82. The second-order valence-electron chi connectivity index (χ2n) is 6.96. The third-order valence-electron chi connectivity index (χ3n) is 4.85. The van der Waals surface area contributed by atoms with Gasteiger partial charge in [-0.25, -0.2) is 0 Å². The van der Waals surface area contributed by atoms with Crippen molar-refractivity contribution in [1.29, 1.82) is 0 Å². The highest BCUT2D eigenvalue weighted by atomic mass is 32.1. The standard InChI is InChI=1S/C21H30N2O3S/c24-19(22-14-16-27)13-7-5-3-1-2-4-6-10-15-23-20(25)17-11-8-9-12-18(17)21(23)26/h8-9,11-12,27H,1-7,10,13-16H2,(H,22,24). The number of amides is 3. The van der Waals surface area contributed by atoms with E-state index in [2.05, 4.69) is 17.9 Å². The Balaban J connectivity index is 1.47. The number of carbonyl (C=O) groups is 3. The molecule has 1 aliphatic heterocycles. The summed E-state index contributed by atoms with van der Waals surface area (Å²) in [5.74, 6) is 0.485. The van der Waals surface area contributed by atoms with Gasteiger partial charge in [0.05, 0.1) is 11.1 Å². The van der Waals surface area contributed by atoms with E-state index in [1.165, 1.54) is 11.3 Å². The van der Waals surface area contributed by atoms with Crippen LogP contribution in [0.4, 0.5) is 0 Å². The predicted octanol–water partition coefficient (Wildman–Crippen LogP) is 3.84. The van der Waals surface area contributed by atoms with Gasteiger partial charge in [0.15, 0.2) is 0 Å². The van der Waals surface area contributed by atoms with E-state index < -0.39 is 0 Å². The van der Waals surface area contributed by atoms with Crippen LogP contribution in [0.3, 0.4) is 0 Å². The quantitative estimate of drug-likeness (QED) is 0.305. The molecule has 0 spiro atoms. The van der Waals surface area contributed by atoms with Crippen LogP contribution in [0.15, 0.2) is 24.3 Å². The van der Waals surface area contributed by atoms with Gasteiger partial charge in [-0.1, -0.05) is 50.7 Å². The molecule has 5 nitrogen and oxygen atoms in total. The molecule has 0 aromatic heterocycles. The molecule has 1 aliphatic rings. The largest absolute Gasteiger partial charge is 0.355 e. The second-order valence-corrected chi connectivity index (χ2v) is 7.41. The van der Waals surface area contributed by atoms with Crippen molar-refractivity contribution < 1.29 is 14.4 Å². The van der Waals surface area contributed by atoms with Crippen molar-refractivity contribution in [3.05, 3.63) is 35.4 Å². The van der Waals surface area contributed by atoms with Gasteiger partial charge in [-0.05, 0) is 25.0 Å². The average Bonchev–Trinajstić information content (AvgIpc) is 2.92. The molecule has 1 N–H and O–H groups in total. The highest BCUT2D eigenvalue weighted by Crippen LogP contribution is 2.23. The highest BCUT2D eigenvalue weighted by molar-refractivity contribution is 7.80. The van der Waals surface area contributed by atoms with Gasteiger partial charge in [-0.2, -0.15) is 12.6 Å². The Bertz CT molecular complexity index is 613. The fraction of sp³-hybridized carbons (Fsp3) is 0.571. The summed E-state index contributed by atoms with van der Waals surface area (Å²) in [5.41, 5.74) is 1.06. The van der Waals surface area contributed by atoms with E-state index in [-0.39, 0.29) is 17.7 Å². The molecule has 27 heavy (non-hydrogen) atoms. The molecule has 0 aliphatic carbocycles. The summed E-state index contributed by atoms with van der Waals surface area (Å²) >= 11 is 4.06. The maximum Gasteiger partial charge on any atom is 0.261 e. The first-order valence-electron chi connectivity index (χ1n) is 9.98. The molecular weight excluding hydrogens is 360 g/mol. The van der Waals surface area contributed by atoms with Gasteiger partial charge in [0.1, 0.15) is 0 Å². The average molecular weight is 391 g/mol. The predicted molar refractivity (Wildman–Crippen MR) is 110 cm³/mol. The monoisotopic (exact) mass is 390 g/mol. The number of hydrogen-bond donors (Lipinski definition) is 2. The van der Waals surface area contributed by atoms with E-state index in [4.69, 9.17) is 0 Å². The van der Waals surface area contributed by atoms with Crippen LogP contribution in [-0.2, 0) is 4.79 Å². The molecule has 1 aromatic rings. The van der Waals surface area contributed by atoms with Crippen molar-refractivity contribution in [1.82, 2.24) is 10.2 Å². The van der Waals surface area contributed by atoms with E-state index in [1.54, 1.807) is 24.3 Å². The number of thiol groups is 1. The van der Waals surface area contributed by atoms with Gasteiger partial charge >= 0.3 is 0 Å². The Labute approximate surface area is 167 Å². The van der Waals surface area contributed by atoms with Crippen molar-refractivity contribution in [2.45, 2.75) is 57.8 Å². The minimum Gasteiger partial charge on any atom is -0.355 e. The van der Waals surface area contributed by atoms with Crippen LogP contribution < -0.4 is 5.32 Å². The summed E-state index contributed by atoms with van der Waals surface area (Å²) in [6, 6.07) is 7.03. The molecule has 0 radical (unpaired) electrons. The Morgan fingerprint density at radius 1 is 0.852 bits per heavy atom. The molecule has 2 rings (SSSR count). The third-order valence-corrected chi connectivity index (χ3v) is 5.07. The summed E-state index contributed by atoms with van der Waals surface area (Å²) in [4.78, 5) is 37.3. The maximum atomic E-state index is 12.3. The minimum atomic E-state index is -0.158. The molecule has 0 saturated heterocycles. The van der Waals surface area contributed by atoms with Crippen molar-refractivity contribution in [3.63, 3.8) is 0 Å². The van der Waals surface area contributed by atoms with E-state index in [0.717, 1.165) is 44.9 Å². The van der Waals surface area contributed by atoms with Crippen LogP contribution in [0.25, 0.3) is 0 Å². The van der Waals surface area contributed by atoms with E-state index in [9.17, 15) is 14.4 Å². The lowest BCUT2D eigenvalue weighted by Gasteiger charge is -2.13. The molecular formula is C21H30N2O3S. The molecule has 0 fully saturated rings. The fourth-order valence-corrected chi connectivity index (χ4v) is 3.45. The molecule has 1 aromatic carbocycles. The number of nitrogens with one attached hydrogen (secondary N) is 1. The number of nitrogens with zero attached hydrogens (tertiary/aromatic N) is 1. The third kappa shape index (κ3) is 6.69. The Morgan fingerprint density at radius 2 is 1.37 bits per heavy atom. The number of hydrogen-bond acceptors (Lipinski definition) is 4. The van der Waals surface area contributed by atoms with Crippen LogP contribution in [0.2, 0.25) is 0 Å². The molecule has 148 valence electrons. The molecule has 0 unspecified atom stereocenters. The second kappa shape index (κ2) is 11.8. The lowest BCUT2D eigenvalue weighted by atomic mass is 10.1. The van der Waals surface area contributed by atoms with E-state index in [1.807, 2.05) is 0 Å². The molecule has 0 atom stereocenters. The zero-order valence-electron chi connectivity index (χ0n) is 15.9. The summed E-state index contributed by atoms with van der Waals surface area (Å²) in [6.07, 6.45) is 9.12. The van der Waals surface area contributed by atoms with Crippen LogP contribution in [0.1, 0.15) is 78.5 Å². The number of benzene rings is 1. The van der Waals surface area contributed by atoms with Gasteiger partial charge in [0, 0.05) is 25.3 Å². The molecule has 0 bridgehead atoms. The molecule has 1 heterocycles. The smallest absolute Gasteiger partial charge is 0.261 e. The van der Waals surface area contributed by atoms with Gasteiger partial charge in [0.25, 0.3) is 11.8 Å². The fourth-order valence-electron chi connectivity index (χ4n) is 3.34. The summed E-state index contributed by atoms with van der Waals surface area (Å²) in [7, 11) is 0. The van der Waals surface area contributed by atoms with Crippen LogP contribution >= 0.6 is 12.6 Å². The zero-order chi connectivity index (χ0) is 19.5. The zero-order valence-corrected chi connectivity index (χ0v) is 16.8. The topological polar surface area (TPSA) is 66.5 Å². The Morgan fingerprint density at radius 3 is 1.93 bits per heavy atom. The van der Waals surface area contributed by atoms with Gasteiger partial charge in [0.2, 0.25) is 5.91 Å². The normalized spacial score (nSPS) is 13.1. The molecule has 3 amide bonds. The number of rotatable bonds is 13. The van der Waals surface area contributed by atoms with Crippen molar-refractivity contribution in [2.75, 3.05) is 18.8 Å². The number of unbranched alkanes of at least 4 members (excludes halogenated alkanes) is 7. The lowest BCUT2D eigenvalue weighted by Crippen LogP contribution is -2.30. The number of carbonyl (C=O) groups excluding carboxylic acids is 3. The van der Waals surface area contributed by atoms with Crippen LogP contribution in [-0.4, -0.2) is 41.5 Å². The van der Waals surface area contributed by atoms with Crippen LogP contribution in [0, 0.1) is 0 Å². The molecule has 0 saturated carbocycles.